The van der Waals surface area contributed by atoms with E-state index >= 15 is 0 Å². The Labute approximate surface area is 75.1 Å². The molecule has 0 N–H and O–H groups in total. The van der Waals surface area contributed by atoms with Gasteiger partial charge in [-0.25, -0.2) is 13.2 Å². The third-order valence-electron chi connectivity index (χ3n) is 1.48. The second-order valence-corrected chi connectivity index (χ2v) is 2.39. The summed E-state index contributed by atoms with van der Waals surface area (Å²) in [5.41, 5.74) is -2.21. The van der Waals surface area contributed by atoms with Crippen molar-refractivity contribution in [1.82, 2.24) is 0 Å². The first kappa shape index (κ1) is 10.4. The average Bonchev–Trinajstić information content (AvgIpc) is 2.08. The molecule has 3 nitrogen and oxygen atoms in total. The number of alkyl halides is 2. The predicted molar refractivity (Wildman–Crippen MR) is 38.0 cm³/mol. The minimum atomic E-state index is -3.08. The Morgan fingerprint density at radius 1 is 1.29 bits per heavy atom. The van der Waals surface area contributed by atoms with Gasteiger partial charge in [-0.2, -0.15) is 4.39 Å². The second kappa shape index (κ2) is 3.60. The smallest absolute Gasteiger partial charge is 0.258 e. The maximum Gasteiger partial charge on any atom is 0.308 e. The minimum Gasteiger partial charge on any atom is -0.258 e. The molecule has 0 bridgehead atoms. The van der Waals surface area contributed by atoms with Crippen LogP contribution in [0.1, 0.15) is 12.0 Å². The van der Waals surface area contributed by atoms with Gasteiger partial charge < -0.3 is 0 Å². The monoisotopic (exact) mass is 209 g/mol. The Hall–Kier alpha value is -1.66. The third-order valence-corrected chi connectivity index (χ3v) is 1.48. The highest BCUT2D eigenvalue weighted by Gasteiger charge is 2.22. The third kappa shape index (κ3) is 1.81. The number of nitro benzene ring substituents is 1. The van der Waals surface area contributed by atoms with Gasteiger partial charge in [0.05, 0.1) is 4.92 Å². The number of halogens is 4. The standard InChI is InChI=1S/C7H3F4NO2/c8-4-1-3(7(10)11)2-5(6(4)9)12(13)14/h1-2,7H. The zero-order valence-electron chi connectivity index (χ0n) is 6.51. The molecule has 0 saturated carbocycles. The molecule has 0 fully saturated rings. The van der Waals surface area contributed by atoms with Crippen molar-refractivity contribution >= 4 is 5.69 Å². The molecule has 1 aromatic carbocycles. The fourth-order valence-electron chi connectivity index (χ4n) is 0.854. The normalized spacial score (nSPS) is 10.6. The van der Waals surface area contributed by atoms with Gasteiger partial charge in [-0.3, -0.25) is 10.1 Å². The van der Waals surface area contributed by atoms with Crippen molar-refractivity contribution < 1.29 is 22.5 Å². The van der Waals surface area contributed by atoms with E-state index in [1.165, 1.54) is 0 Å². The largest absolute Gasteiger partial charge is 0.308 e. The maximum absolute atomic E-state index is 12.6. The van der Waals surface area contributed by atoms with Crippen molar-refractivity contribution in [2.45, 2.75) is 6.43 Å². The quantitative estimate of drug-likeness (QED) is 0.427. The van der Waals surface area contributed by atoms with E-state index in [4.69, 9.17) is 0 Å². The molecule has 0 heterocycles. The Morgan fingerprint density at radius 2 is 1.86 bits per heavy atom. The van der Waals surface area contributed by atoms with Gasteiger partial charge in [-0.05, 0) is 6.07 Å². The average molecular weight is 209 g/mol. The zero-order valence-corrected chi connectivity index (χ0v) is 6.51. The van der Waals surface area contributed by atoms with Crippen LogP contribution in [0.4, 0.5) is 23.2 Å². The molecule has 0 radical (unpaired) electrons. The molecule has 0 aliphatic rings. The summed E-state index contributed by atoms with van der Waals surface area (Å²) in [6.45, 7) is 0. The van der Waals surface area contributed by atoms with Crippen LogP contribution in [0.5, 0.6) is 0 Å². The van der Waals surface area contributed by atoms with E-state index in [-0.39, 0.29) is 6.07 Å². The van der Waals surface area contributed by atoms with Crippen LogP contribution in [0, 0.1) is 21.7 Å². The van der Waals surface area contributed by atoms with Gasteiger partial charge >= 0.3 is 5.69 Å². The van der Waals surface area contributed by atoms with E-state index in [1.807, 2.05) is 0 Å². The van der Waals surface area contributed by atoms with Crippen molar-refractivity contribution in [2.24, 2.45) is 0 Å². The number of hydrogen-bond acceptors (Lipinski definition) is 2. The molecule has 0 spiro atoms. The lowest BCUT2D eigenvalue weighted by Gasteiger charge is -2.00. The molecule has 0 aliphatic carbocycles. The molecule has 0 saturated heterocycles. The minimum absolute atomic E-state index is 0.229. The Kier molecular flexibility index (Phi) is 2.68. The highest BCUT2D eigenvalue weighted by Crippen LogP contribution is 2.27. The molecule has 14 heavy (non-hydrogen) atoms. The van der Waals surface area contributed by atoms with Crippen molar-refractivity contribution in [3.05, 3.63) is 39.4 Å². The van der Waals surface area contributed by atoms with Crippen molar-refractivity contribution in [1.29, 1.82) is 0 Å². The molecule has 0 aromatic heterocycles. The van der Waals surface area contributed by atoms with E-state index in [2.05, 4.69) is 0 Å². The van der Waals surface area contributed by atoms with E-state index in [9.17, 15) is 27.7 Å². The zero-order chi connectivity index (χ0) is 10.9. The molecule has 0 amide bonds. The van der Waals surface area contributed by atoms with Gasteiger partial charge in [-0.15, -0.1) is 0 Å². The van der Waals surface area contributed by atoms with Gasteiger partial charge in [0.25, 0.3) is 6.43 Å². The van der Waals surface area contributed by atoms with Crippen LogP contribution in [0.25, 0.3) is 0 Å². The summed E-state index contributed by atoms with van der Waals surface area (Å²) in [4.78, 5) is 8.84. The first-order chi connectivity index (χ1) is 6.43. The second-order valence-electron chi connectivity index (χ2n) is 2.39. The highest BCUT2D eigenvalue weighted by atomic mass is 19.3. The summed E-state index contributed by atoms with van der Waals surface area (Å²) >= 11 is 0. The molecule has 0 unspecified atom stereocenters. The summed E-state index contributed by atoms with van der Waals surface area (Å²) < 4.78 is 49.2. The van der Waals surface area contributed by atoms with Crippen LogP contribution in [-0.2, 0) is 0 Å². The SMILES string of the molecule is O=[N+]([O-])c1cc(C(F)F)cc(F)c1F. The summed E-state index contributed by atoms with van der Waals surface area (Å²) in [5, 5.41) is 10.1. The van der Waals surface area contributed by atoms with Crippen molar-refractivity contribution in [3.63, 3.8) is 0 Å². The number of nitro groups is 1. The predicted octanol–water partition coefficient (Wildman–Crippen LogP) is 2.81. The number of benzene rings is 1. The first-order valence-corrected chi connectivity index (χ1v) is 3.35. The molecule has 76 valence electrons. The molecule has 7 heteroatoms. The molecular formula is C7H3F4NO2. The topological polar surface area (TPSA) is 43.1 Å². The molecule has 1 aromatic rings. The number of hydrogen-bond donors (Lipinski definition) is 0. The molecule has 0 atom stereocenters. The fraction of sp³-hybridized carbons (Fsp3) is 0.143. The molecule has 1 rings (SSSR count). The lowest BCUT2D eigenvalue weighted by molar-refractivity contribution is -0.387. The van der Waals surface area contributed by atoms with Gasteiger partial charge in [-0.1, -0.05) is 0 Å². The fourth-order valence-corrected chi connectivity index (χ4v) is 0.854. The van der Waals surface area contributed by atoms with Crippen LogP contribution in [0.15, 0.2) is 12.1 Å². The summed E-state index contributed by atoms with van der Waals surface area (Å²) in [5.74, 6) is -3.39. The maximum atomic E-state index is 12.6. The van der Waals surface area contributed by atoms with Crippen LogP contribution in [0.2, 0.25) is 0 Å². The number of nitrogens with zero attached hydrogens (tertiary/aromatic N) is 1. The van der Waals surface area contributed by atoms with E-state index < -0.39 is 34.2 Å². The molecular weight excluding hydrogens is 206 g/mol. The Balaban J connectivity index is 3.35. The van der Waals surface area contributed by atoms with E-state index in [1.54, 1.807) is 0 Å². The molecule has 0 aliphatic heterocycles. The van der Waals surface area contributed by atoms with Gasteiger partial charge in [0, 0.05) is 11.6 Å². The van der Waals surface area contributed by atoms with Gasteiger partial charge in [0.15, 0.2) is 5.82 Å². The van der Waals surface area contributed by atoms with Crippen LogP contribution in [-0.4, -0.2) is 4.92 Å². The Bertz CT molecular complexity index is 380. The van der Waals surface area contributed by atoms with Crippen LogP contribution < -0.4 is 0 Å². The van der Waals surface area contributed by atoms with Crippen LogP contribution >= 0.6 is 0 Å². The Morgan fingerprint density at radius 3 is 2.29 bits per heavy atom. The van der Waals surface area contributed by atoms with Gasteiger partial charge in [0.1, 0.15) is 0 Å². The summed E-state index contributed by atoms with van der Waals surface area (Å²) in [6.07, 6.45) is -3.08. The van der Waals surface area contributed by atoms with Crippen LogP contribution in [0.3, 0.4) is 0 Å². The number of rotatable bonds is 2. The first-order valence-electron chi connectivity index (χ1n) is 3.35. The lowest BCUT2D eigenvalue weighted by Crippen LogP contribution is -1.98. The summed E-state index contributed by atoms with van der Waals surface area (Å²) in [7, 11) is 0. The highest BCUT2D eigenvalue weighted by molar-refractivity contribution is 5.37. The van der Waals surface area contributed by atoms with Crippen molar-refractivity contribution in [2.75, 3.05) is 0 Å². The summed E-state index contributed by atoms with van der Waals surface area (Å²) in [6, 6.07) is 0.538. The van der Waals surface area contributed by atoms with E-state index in [0.29, 0.717) is 6.07 Å². The van der Waals surface area contributed by atoms with E-state index in [0.717, 1.165) is 0 Å². The lowest BCUT2D eigenvalue weighted by atomic mass is 10.2. The van der Waals surface area contributed by atoms with Gasteiger partial charge in [0.2, 0.25) is 5.82 Å². The van der Waals surface area contributed by atoms with Crippen molar-refractivity contribution in [3.8, 4) is 0 Å².